The maximum absolute atomic E-state index is 13.1. The van der Waals surface area contributed by atoms with Crippen LogP contribution in [-0.4, -0.2) is 82.2 Å². The summed E-state index contributed by atoms with van der Waals surface area (Å²) in [5, 5.41) is 0. The van der Waals surface area contributed by atoms with Crippen LogP contribution in [0.4, 0.5) is 11.5 Å². The second-order valence-corrected chi connectivity index (χ2v) is 10.7. The Bertz CT molecular complexity index is 1080. The predicted octanol–water partition coefficient (Wildman–Crippen LogP) is 1.82. The van der Waals surface area contributed by atoms with Crippen LogP contribution in [0, 0.1) is 0 Å². The molecule has 1 amide bonds. The van der Waals surface area contributed by atoms with Gasteiger partial charge in [-0.3, -0.25) is 9.10 Å². The van der Waals surface area contributed by atoms with Gasteiger partial charge in [-0.1, -0.05) is 6.07 Å². The highest BCUT2D eigenvalue weighted by molar-refractivity contribution is 7.92. The van der Waals surface area contributed by atoms with E-state index in [1.807, 2.05) is 37.3 Å². The molecule has 1 aromatic heterocycles. The van der Waals surface area contributed by atoms with E-state index < -0.39 is 10.0 Å². The lowest BCUT2D eigenvalue weighted by Gasteiger charge is -2.36. The van der Waals surface area contributed by atoms with Gasteiger partial charge in [0.15, 0.2) is 0 Å². The molecule has 8 nitrogen and oxygen atoms in total. The van der Waals surface area contributed by atoms with E-state index in [0.717, 1.165) is 43.9 Å². The Morgan fingerprint density at radius 1 is 1.06 bits per heavy atom. The van der Waals surface area contributed by atoms with Crippen molar-refractivity contribution in [2.24, 2.45) is 0 Å². The molecular weight excluding hydrogens is 426 g/mol. The molecule has 172 valence electrons. The van der Waals surface area contributed by atoms with Crippen LogP contribution in [0.5, 0.6) is 0 Å². The minimum absolute atomic E-state index is 0.00165. The van der Waals surface area contributed by atoms with Crippen molar-refractivity contribution in [3.63, 3.8) is 0 Å². The number of hydrogen-bond acceptors (Lipinski definition) is 6. The minimum atomic E-state index is -3.31. The first kappa shape index (κ1) is 22.5. The summed E-state index contributed by atoms with van der Waals surface area (Å²) in [5.74, 6) is 0.937. The van der Waals surface area contributed by atoms with Crippen molar-refractivity contribution in [1.82, 2.24) is 14.8 Å². The number of carbonyl (C=O) groups is 1. The number of piperazine rings is 1. The van der Waals surface area contributed by atoms with Gasteiger partial charge in [-0.15, -0.1) is 0 Å². The van der Waals surface area contributed by atoms with Crippen molar-refractivity contribution >= 4 is 27.4 Å². The van der Waals surface area contributed by atoms with Crippen LogP contribution in [0.3, 0.4) is 0 Å². The van der Waals surface area contributed by atoms with Crippen molar-refractivity contribution in [1.29, 1.82) is 0 Å². The standard InChI is InChI=1S/C23H31N5O3S/c1-25(2)17-18-6-9-22(24-16-18)26-11-13-27(14-12-26)23(29)20-7-8-21-19(15-20)5-4-10-28(21)32(3,30)31/h6-9,15-16H,4-5,10-14,17H2,1-3H3. The smallest absolute Gasteiger partial charge is 0.253 e. The first-order valence-electron chi connectivity index (χ1n) is 11.0. The summed E-state index contributed by atoms with van der Waals surface area (Å²) in [6.07, 6.45) is 4.69. The number of sulfonamides is 1. The number of hydrogen-bond donors (Lipinski definition) is 0. The molecule has 0 radical (unpaired) electrons. The Morgan fingerprint density at radius 3 is 2.44 bits per heavy atom. The van der Waals surface area contributed by atoms with Gasteiger partial charge in [-0.05, 0) is 62.3 Å². The van der Waals surface area contributed by atoms with Gasteiger partial charge in [-0.25, -0.2) is 13.4 Å². The van der Waals surface area contributed by atoms with E-state index in [2.05, 4.69) is 20.9 Å². The summed E-state index contributed by atoms with van der Waals surface area (Å²) in [7, 11) is 0.762. The molecule has 0 aliphatic carbocycles. The zero-order chi connectivity index (χ0) is 22.9. The molecule has 1 saturated heterocycles. The number of fused-ring (bicyclic) bond motifs is 1. The summed E-state index contributed by atoms with van der Waals surface area (Å²) >= 11 is 0. The highest BCUT2D eigenvalue weighted by Crippen LogP contribution is 2.30. The number of pyridine rings is 1. The van der Waals surface area contributed by atoms with Crippen molar-refractivity contribution in [2.75, 3.05) is 62.3 Å². The zero-order valence-electron chi connectivity index (χ0n) is 19.0. The molecule has 1 aromatic carbocycles. The Balaban J connectivity index is 1.40. The van der Waals surface area contributed by atoms with Crippen molar-refractivity contribution < 1.29 is 13.2 Å². The molecule has 0 saturated carbocycles. The van der Waals surface area contributed by atoms with Crippen molar-refractivity contribution in [3.8, 4) is 0 Å². The van der Waals surface area contributed by atoms with Gasteiger partial charge < -0.3 is 14.7 Å². The largest absolute Gasteiger partial charge is 0.353 e. The molecule has 0 atom stereocenters. The van der Waals surface area contributed by atoms with Gasteiger partial charge in [0.05, 0.1) is 11.9 Å². The van der Waals surface area contributed by atoms with Crippen LogP contribution in [0.2, 0.25) is 0 Å². The van der Waals surface area contributed by atoms with E-state index in [0.29, 0.717) is 30.9 Å². The lowest BCUT2D eigenvalue weighted by atomic mass is 10.00. The molecule has 2 aliphatic heterocycles. The van der Waals surface area contributed by atoms with Crippen LogP contribution in [0.25, 0.3) is 0 Å². The Morgan fingerprint density at radius 2 is 1.81 bits per heavy atom. The topological polar surface area (TPSA) is 77.1 Å². The summed E-state index contributed by atoms with van der Waals surface area (Å²) in [6, 6.07) is 9.55. The monoisotopic (exact) mass is 457 g/mol. The molecule has 9 heteroatoms. The third kappa shape index (κ3) is 4.88. The molecule has 2 aliphatic rings. The maximum atomic E-state index is 13.1. The van der Waals surface area contributed by atoms with Crippen molar-refractivity contribution in [2.45, 2.75) is 19.4 Å². The van der Waals surface area contributed by atoms with Gasteiger partial charge in [-0.2, -0.15) is 0 Å². The van der Waals surface area contributed by atoms with E-state index in [-0.39, 0.29) is 5.91 Å². The second-order valence-electron chi connectivity index (χ2n) is 8.82. The minimum Gasteiger partial charge on any atom is -0.353 e. The normalized spacial score (nSPS) is 16.9. The fourth-order valence-electron chi connectivity index (χ4n) is 4.42. The first-order chi connectivity index (χ1) is 15.2. The Labute approximate surface area is 190 Å². The fourth-order valence-corrected chi connectivity index (χ4v) is 5.42. The van der Waals surface area contributed by atoms with Crippen LogP contribution in [-0.2, 0) is 23.0 Å². The lowest BCUT2D eigenvalue weighted by Crippen LogP contribution is -2.49. The third-order valence-electron chi connectivity index (χ3n) is 6.00. The third-order valence-corrected chi connectivity index (χ3v) is 7.18. The average molecular weight is 458 g/mol. The quantitative estimate of drug-likeness (QED) is 0.682. The van der Waals surface area contributed by atoms with Gasteiger partial charge in [0, 0.05) is 51.0 Å². The number of carbonyl (C=O) groups excluding carboxylic acids is 1. The molecule has 0 N–H and O–H groups in total. The number of aryl methyl sites for hydroxylation is 1. The zero-order valence-corrected chi connectivity index (χ0v) is 19.8. The van der Waals surface area contributed by atoms with E-state index in [1.54, 1.807) is 12.1 Å². The molecule has 2 aromatic rings. The summed E-state index contributed by atoms with van der Waals surface area (Å²) in [4.78, 5) is 23.9. The Hall–Kier alpha value is -2.65. The summed E-state index contributed by atoms with van der Waals surface area (Å²) < 4.78 is 25.6. The summed E-state index contributed by atoms with van der Waals surface area (Å²) in [6.45, 7) is 4.08. The molecule has 0 spiro atoms. The lowest BCUT2D eigenvalue weighted by molar-refractivity contribution is 0.0746. The van der Waals surface area contributed by atoms with E-state index in [9.17, 15) is 13.2 Å². The predicted molar refractivity (Wildman–Crippen MR) is 127 cm³/mol. The van der Waals surface area contributed by atoms with E-state index >= 15 is 0 Å². The van der Waals surface area contributed by atoms with E-state index in [4.69, 9.17) is 0 Å². The maximum Gasteiger partial charge on any atom is 0.253 e. The van der Waals surface area contributed by atoms with E-state index in [1.165, 1.54) is 16.1 Å². The average Bonchev–Trinajstić information content (AvgIpc) is 2.77. The molecule has 3 heterocycles. The van der Waals surface area contributed by atoms with Crippen molar-refractivity contribution in [3.05, 3.63) is 53.2 Å². The van der Waals surface area contributed by atoms with Crippen LogP contribution < -0.4 is 9.21 Å². The molecule has 32 heavy (non-hydrogen) atoms. The van der Waals surface area contributed by atoms with Gasteiger partial charge in [0.25, 0.3) is 5.91 Å². The molecule has 4 rings (SSSR count). The molecule has 0 bridgehead atoms. The highest BCUT2D eigenvalue weighted by Gasteiger charge is 2.27. The number of aromatic nitrogens is 1. The van der Waals surface area contributed by atoms with Gasteiger partial charge in [0.2, 0.25) is 10.0 Å². The van der Waals surface area contributed by atoms with Crippen LogP contribution in [0.15, 0.2) is 36.5 Å². The number of benzene rings is 1. The van der Waals surface area contributed by atoms with Gasteiger partial charge in [0.1, 0.15) is 5.82 Å². The number of rotatable bonds is 5. The fraction of sp³-hybridized carbons (Fsp3) is 0.478. The number of anilines is 2. The molecule has 0 unspecified atom stereocenters. The first-order valence-corrected chi connectivity index (χ1v) is 12.8. The molecular formula is C23H31N5O3S. The SMILES string of the molecule is CN(C)Cc1ccc(N2CCN(C(=O)c3ccc4c(c3)CCCN4S(C)(=O)=O)CC2)nc1. The second kappa shape index (κ2) is 9.07. The molecule has 1 fully saturated rings. The highest BCUT2D eigenvalue weighted by atomic mass is 32.2. The summed E-state index contributed by atoms with van der Waals surface area (Å²) in [5.41, 5.74) is 3.42. The van der Waals surface area contributed by atoms with Gasteiger partial charge >= 0.3 is 0 Å². The number of amides is 1. The van der Waals surface area contributed by atoms with Crippen LogP contribution >= 0.6 is 0 Å². The Kier molecular flexibility index (Phi) is 6.39. The van der Waals surface area contributed by atoms with Crippen LogP contribution in [0.1, 0.15) is 27.9 Å². The number of nitrogens with zero attached hydrogens (tertiary/aromatic N) is 5.